The van der Waals surface area contributed by atoms with Crippen molar-refractivity contribution in [2.24, 2.45) is 0 Å². The van der Waals surface area contributed by atoms with Crippen molar-refractivity contribution in [2.45, 2.75) is 6.92 Å². The highest BCUT2D eigenvalue weighted by molar-refractivity contribution is 6.32. The minimum atomic E-state index is -0.373. The molecule has 0 atom stereocenters. The Labute approximate surface area is 85.1 Å². The van der Waals surface area contributed by atoms with Gasteiger partial charge in [-0.2, -0.15) is 4.98 Å². The van der Waals surface area contributed by atoms with E-state index in [4.69, 9.17) is 11.6 Å². The minimum absolute atomic E-state index is 0.373. The van der Waals surface area contributed by atoms with Crippen molar-refractivity contribution in [2.75, 3.05) is 0 Å². The first-order valence-corrected chi connectivity index (χ1v) is 4.47. The van der Waals surface area contributed by atoms with E-state index < -0.39 is 0 Å². The number of aryl methyl sites for hydroxylation is 1. The average molecular weight is 210 g/mol. The topological polar surface area (TPSA) is 50.7 Å². The third kappa shape index (κ3) is 1.44. The van der Waals surface area contributed by atoms with Crippen molar-refractivity contribution < 1.29 is 0 Å². The molecule has 1 N–H and O–H groups in total. The van der Waals surface area contributed by atoms with Crippen molar-refractivity contribution in [3.63, 3.8) is 0 Å². The van der Waals surface area contributed by atoms with Gasteiger partial charge in [0.15, 0.2) is 0 Å². The van der Waals surface area contributed by atoms with Gasteiger partial charge in [0.1, 0.15) is 5.82 Å². The molecular weight excluding hydrogens is 202 g/mol. The number of para-hydroxylation sites is 1. The van der Waals surface area contributed by atoms with Crippen molar-refractivity contribution in [1.29, 1.82) is 0 Å². The second-order valence-corrected chi connectivity index (χ2v) is 3.27. The summed E-state index contributed by atoms with van der Waals surface area (Å²) in [5, 5.41) is 3.14. The molecule has 1 aromatic carbocycles. The van der Waals surface area contributed by atoms with Crippen LogP contribution >= 0.6 is 11.6 Å². The van der Waals surface area contributed by atoms with Gasteiger partial charge in [0.2, 0.25) is 0 Å². The van der Waals surface area contributed by atoms with E-state index in [2.05, 4.69) is 10.1 Å². The van der Waals surface area contributed by atoms with Crippen molar-refractivity contribution >= 4 is 11.6 Å². The number of benzene rings is 1. The number of aromatic nitrogens is 3. The van der Waals surface area contributed by atoms with Crippen LogP contribution in [0.25, 0.3) is 5.69 Å². The Kier molecular flexibility index (Phi) is 2.13. The maximum atomic E-state index is 11.0. The largest absolute Gasteiger partial charge is 0.361 e. The molecule has 0 unspecified atom stereocenters. The predicted molar refractivity (Wildman–Crippen MR) is 53.9 cm³/mol. The first kappa shape index (κ1) is 9.02. The molecule has 0 aliphatic heterocycles. The van der Waals surface area contributed by atoms with Crippen LogP contribution < -0.4 is 5.69 Å². The SMILES string of the molecule is Cc1nc(=O)[nH]n1-c1ccccc1Cl. The van der Waals surface area contributed by atoms with Gasteiger partial charge in [-0.25, -0.2) is 14.6 Å². The van der Waals surface area contributed by atoms with Crippen LogP contribution in [-0.2, 0) is 0 Å². The highest BCUT2D eigenvalue weighted by Gasteiger charge is 2.06. The number of nitrogens with zero attached hydrogens (tertiary/aromatic N) is 2. The minimum Gasteiger partial charge on any atom is -0.244 e. The lowest BCUT2D eigenvalue weighted by molar-refractivity contribution is 0.832. The normalized spacial score (nSPS) is 10.4. The van der Waals surface area contributed by atoms with Crippen molar-refractivity contribution in [3.8, 4) is 5.69 Å². The summed E-state index contributed by atoms with van der Waals surface area (Å²) in [7, 11) is 0. The Morgan fingerprint density at radius 2 is 2.14 bits per heavy atom. The van der Waals surface area contributed by atoms with Gasteiger partial charge < -0.3 is 0 Å². The molecule has 0 fully saturated rings. The van der Waals surface area contributed by atoms with Crippen LogP contribution in [-0.4, -0.2) is 14.8 Å². The molecule has 0 aliphatic carbocycles. The van der Waals surface area contributed by atoms with Crippen molar-refractivity contribution in [3.05, 3.63) is 45.6 Å². The van der Waals surface area contributed by atoms with Gasteiger partial charge in [0.25, 0.3) is 0 Å². The summed E-state index contributed by atoms with van der Waals surface area (Å²) >= 11 is 5.97. The number of rotatable bonds is 1. The second kappa shape index (κ2) is 3.31. The molecule has 0 bridgehead atoms. The van der Waals surface area contributed by atoms with Gasteiger partial charge in [-0.05, 0) is 19.1 Å². The van der Waals surface area contributed by atoms with Gasteiger partial charge in [-0.3, -0.25) is 0 Å². The molecule has 1 aromatic heterocycles. The molecular formula is C9H8ClN3O. The van der Waals surface area contributed by atoms with Crippen LogP contribution in [0.3, 0.4) is 0 Å². The van der Waals surface area contributed by atoms with Crippen molar-refractivity contribution in [1.82, 2.24) is 14.8 Å². The van der Waals surface area contributed by atoms with Crippen LogP contribution in [0, 0.1) is 6.92 Å². The number of halogens is 1. The lowest BCUT2D eigenvalue weighted by Gasteiger charge is -2.04. The molecule has 4 nitrogen and oxygen atoms in total. The number of hydrogen-bond donors (Lipinski definition) is 1. The fraction of sp³-hybridized carbons (Fsp3) is 0.111. The molecule has 2 rings (SSSR count). The van der Waals surface area contributed by atoms with Crippen LogP contribution in [0.1, 0.15) is 5.82 Å². The van der Waals surface area contributed by atoms with E-state index >= 15 is 0 Å². The van der Waals surface area contributed by atoms with E-state index in [1.165, 1.54) is 0 Å². The molecule has 0 radical (unpaired) electrons. The molecule has 0 aliphatic rings. The zero-order valence-electron chi connectivity index (χ0n) is 7.49. The van der Waals surface area contributed by atoms with Gasteiger partial charge in [-0.15, -0.1) is 0 Å². The summed E-state index contributed by atoms with van der Waals surface area (Å²) in [6.07, 6.45) is 0. The third-order valence-corrected chi connectivity index (χ3v) is 2.21. The monoisotopic (exact) mass is 209 g/mol. The number of aromatic amines is 1. The Hall–Kier alpha value is -1.55. The lowest BCUT2D eigenvalue weighted by atomic mass is 10.3. The number of nitrogens with one attached hydrogen (secondary N) is 1. The Bertz CT molecular complexity index is 515. The number of H-pyrrole nitrogens is 1. The van der Waals surface area contributed by atoms with E-state index in [1.807, 2.05) is 18.2 Å². The van der Waals surface area contributed by atoms with Crippen LogP contribution in [0.5, 0.6) is 0 Å². The summed E-state index contributed by atoms with van der Waals surface area (Å²) in [4.78, 5) is 14.7. The molecule has 5 heteroatoms. The maximum absolute atomic E-state index is 11.0. The number of hydrogen-bond acceptors (Lipinski definition) is 2. The van der Waals surface area contributed by atoms with Gasteiger partial charge in [0, 0.05) is 0 Å². The molecule has 0 amide bonds. The summed E-state index contributed by atoms with van der Waals surface area (Å²) < 4.78 is 1.56. The first-order valence-electron chi connectivity index (χ1n) is 4.09. The summed E-state index contributed by atoms with van der Waals surface area (Å²) in [6, 6.07) is 7.25. The molecule has 2 aromatic rings. The van der Waals surface area contributed by atoms with Gasteiger partial charge >= 0.3 is 5.69 Å². The first-order chi connectivity index (χ1) is 6.68. The molecule has 0 saturated carbocycles. The Morgan fingerprint density at radius 1 is 1.43 bits per heavy atom. The molecule has 0 saturated heterocycles. The fourth-order valence-corrected chi connectivity index (χ4v) is 1.49. The van der Waals surface area contributed by atoms with Gasteiger partial charge in [0.05, 0.1) is 10.7 Å². The summed E-state index contributed by atoms with van der Waals surface area (Å²) in [6.45, 7) is 1.74. The van der Waals surface area contributed by atoms with E-state index in [0.29, 0.717) is 10.8 Å². The predicted octanol–water partition coefficient (Wildman–Crippen LogP) is 1.52. The standard InChI is InChI=1S/C9H8ClN3O/c1-6-11-9(14)12-13(6)8-5-3-2-4-7(8)10/h2-5H,1H3,(H,12,14). The fourth-order valence-electron chi connectivity index (χ4n) is 1.27. The summed E-state index contributed by atoms with van der Waals surface area (Å²) in [5.74, 6) is 0.586. The van der Waals surface area contributed by atoms with Crippen LogP contribution in [0.15, 0.2) is 29.1 Å². The highest BCUT2D eigenvalue weighted by Crippen LogP contribution is 2.18. The zero-order valence-corrected chi connectivity index (χ0v) is 8.25. The van der Waals surface area contributed by atoms with Crippen LogP contribution in [0.4, 0.5) is 0 Å². The zero-order chi connectivity index (χ0) is 10.1. The van der Waals surface area contributed by atoms with E-state index in [1.54, 1.807) is 17.7 Å². The smallest absolute Gasteiger partial charge is 0.244 e. The Balaban J connectivity index is 2.66. The van der Waals surface area contributed by atoms with E-state index in [-0.39, 0.29) is 5.69 Å². The third-order valence-electron chi connectivity index (χ3n) is 1.89. The molecule has 72 valence electrons. The summed E-state index contributed by atoms with van der Waals surface area (Å²) in [5.41, 5.74) is 0.351. The maximum Gasteiger partial charge on any atom is 0.361 e. The van der Waals surface area contributed by atoms with E-state index in [9.17, 15) is 4.79 Å². The molecule has 14 heavy (non-hydrogen) atoms. The van der Waals surface area contributed by atoms with E-state index in [0.717, 1.165) is 5.69 Å². The highest BCUT2D eigenvalue weighted by atomic mass is 35.5. The Morgan fingerprint density at radius 3 is 2.71 bits per heavy atom. The molecule has 1 heterocycles. The quantitative estimate of drug-likeness (QED) is 0.774. The lowest BCUT2D eigenvalue weighted by Crippen LogP contribution is -2.05. The van der Waals surface area contributed by atoms with Gasteiger partial charge in [-0.1, -0.05) is 23.7 Å². The second-order valence-electron chi connectivity index (χ2n) is 2.86. The van der Waals surface area contributed by atoms with Crippen LogP contribution in [0.2, 0.25) is 5.02 Å². The molecule has 0 spiro atoms. The average Bonchev–Trinajstić information content (AvgIpc) is 2.46.